The van der Waals surface area contributed by atoms with Gasteiger partial charge in [0, 0.05) is 12.1 Å². The Hall–Kier alpha value is -2.63. The number of hydrogen-bond acceptors (Lipinski definition) is 5. The van der Waals surface area contributed by atoms with Crippen molar-refractivity contribution in [1.82, 2.24) is 15.2 Å². The molecule has 1 saturated heterocycles. The summed E-state index contributed by atoms with van der Waals surface area (Å²) in [5.41, 5.74) is 3.08. The van der Waals surface area contributed by atoms with Gasteiger partial charge in [-0.2, -0.15) is 0 Å². The van der Waals surface area contributed by atoms with Gasteiger partial charge >= 0.3 is 0 Å². The molecule has 0 aliphatic carbocycles. The first-order valence-corrected chi connectivity index (χ1v) is 8.03. The third-order valence-corrected chi connectivity index (χ3v) is 4.10. The Morgan fingerprint density at radius 1 is 1.38 bits per heavy atom. The number of carbonyl (C=O) groups excluding carboxylic acids is 1. The van der Waals surface area contributed by atoms with Gasteiger partial charge in [-0.15, -0.1) is 0 Å². The highest BCUT2D eigenvalue weighted by atomic mass is 16.6. The molecule has 126 valence electrons. The highest BCUT2D eigenvalue weighted by Gasteiger charge is 2.33. The Balaban J connectivity index is 1.73. The molecule has 1 amide bonds. The lowest BCUT2D eigenvalue weighted by Gasteiger charge is -2.23. The van der Waals surface area contributed by atoms with Gasteiger partial charge in [-0.3, -0.25) is 4.79 Å². The van der Waals surface area contributed by atoms with Crippen molar-refractivity contribution in [1.29, 1.82) is 0 Å². The van der Waals surface area contributed by atoms with E-state index in [0.29, 0.717) is 18.7 Å². The Bertz CT molecular complexity index is 736. The molecule has 0 saturated carbocycles. The number of nitrogens with zero attached hydrogens (tertiary/aromatic N) is 3. The number of carbonyl (C=O) groups is 1. The molecule has 0 spiro atoms. The zero-order valence-corrected chi connectivity index (χ0v) is 14.0. The van der Waals surface area contributed by atoms with Crippen LogP contribution < -0.4 is 4.74 Å². The highest BCUT2D eigenvalue weighted by molar-refractivity contribution is 5.94. The lowest BCUT2D eigenvalue weighted by molar-refractivity contribution is 0.0730. The van der Waals surface area contributed by atoms with Crippen LogP contribution in [0.25, 0.3) is 0 Å². The first-order chi connectivity index (χ1) is 11.6. The second-order valence-corrected chi connectivity index (χ2v) is 6.16. The number of hydrogen-bond donors (Lipinski definition) is 0. The second-order valence-electron chi connectivity index (χ2n) is 6.16. The van der Waals surface area contributed by atoms with Crippen LogP contribution in [0.4, 0.5) is 0 Å². The van der Waals surface area contributed by atoms with E-state index in [-0.39, 0.29) is 11.9 Å². The molecule has 0 N–H and O–H groups in total. The van der Waals surface area contributed by atoms with Crippen molar-refractivity contribution in [3.05, 3.63) is 53.4 Å². The van der Waals surface area contributed by atoms with Crippen LogP contribution in [0.5, 0.6) is 5.75 Å². The van der Waals surface area contributed by atoms with Crippen molar-refractivity contribution in [3.8, 4) is 5.75 Å². The smallest absolute Gasteiger partial charge is 0.254 e. The molecule has 24 heavy (non-hydrogen) atoms. The maximum atomic E-state index is 12.8. The minimum Gasteiger partial charge on any atom is -0.489 e. The zero-order valence-electron chi connectivity index (χ0n) is 14.0. The molecule has 1 fully saturated rings. The molecule has 2 aromatic rings. The normalized spacial score (nSPS) is 17.1. The summed E-state index contributed by atoms with van der Waals surface area (Å²) in [5, 5.41) is 7.80. The number of rotatable bonds is 5. The van der Waals surface area contributed by atoms with E-state index in [1.165, 1.54) is 0 Å². The average Bonchev–Trinajstić information content (AvgIpc) is 3.21. The average molecular weight is 327 g/mol. The molecule has 2 heterocycles. The summed E-state index contributed by atoms with van der Waals surface area (Å²) in [6, 6.07) is 7.13. The fraction of sp³-hybridized carbons (Fsp3) is 0.389. The van der Waals surface area contributed by atoms with Gasteiger partial charge in [-0.05, 0) is 56.5 Å². The molecule has 1 aromatic heterocycles. The molecule has 3 rings (SSSR count). The number of benzene rings is 1. The van der Waals surface area contributed by atoms with Crippen molar-refractivity contribution >= 4 is 5.91 Å². The molecule has 1 aliphatic heterocycles. The van der Waals surface area contributed by atoms with Gasteiger partial charge in [0.25, 0.3) is 5.91 Å². The van der Waals surface area contributed by atoms with E-state index in [0.717, 1.165) is 35.6 Å². The van der Waals surface area contributed by atoms with E-state index >= 15 is 0 Å². The van der Waals surface area contributed by atoms with Gasteiger partial charge in [-0.1, -0.05) is 16.9 Å². The van der Waals surface area contributed by atoms with E-state index in [2.05, 4.69) is 16.9 Å². The fourth-order valence-electron chi connectivity index (χ4n) is 2.90. The number of aromatic nitrogens is 2. The van der Waals surface area contributed by atoms with E-state index in [9.17, 15) is 4.79 Å². The Kier molecular flexibility index (Phi) is 4.64. The van der Waals surface area contributed by atoms with Gasteiger partial charge in [-0.25, -0.2) is 4.63 Å². The van der Waals surface area contributed by atoms with Gasteiger partial charge < -0.3 is 9.64 Å². The van der Waals surface area contributed by atoms with Crippen LogP contribution in [-0.2, 0) is 0 Å². The van der Waals surface area contributed by atoms with E-state index in [1.807, 2.05) is 30.9 Å². The van der Waals surface area contributed by atoms with Crippen LogP contribution in [0.2, 0.25) is 0 Å². The van der Waals surface area contributed by atoms with E-state index in [4.69, 9.17) is 9.37 Å². The summed E-state index contributed by atoms with van der Waals surface area (Å²) >= 11 is 0. The SMILES string of the molecule is C=C(C)COc1ccc(C(=O)N2CCC[C@@H]2c2nonc2C)cc1. The highest BCUT2D eigenvalue weighted by Crippen LogP contribution is 2.33. The maximum absolute atomic E-state index is 12.8. The van der Waals surface area contributed by atoms with Gasteiger partial charge in [0.05, 0.1) is 6.04 Å². The topological polar surface area (TPSA) is 68.5 Å². The lowest BCUT2D eigenvalue weighted by Crippen LogP contribution is -2.31. The van der Waals surface area contributed by atoms with Crippen LogP contribution in [0.15, 0.2) is 41.0 Å². The Labute approximate surface area is 141 Å². The summed E-state index contributed by atoms with van der Waals surface area (Å²) in [6.07, 6.45) is 1.82. The van der Waals surface area contributed by atoms with Gasteiger partial charge in [0.1, 0.15) is 23.7 Å². The quantitative estimate of drug-likeness (QED) is 0.788. The molecular weight excluding hydrogens is 306 g/mol. The first-order valence-electron chi connectivity index (χ1n) is 8.03. The van der Waals surface area contributed by atoms with Crippen molar-refractivity contribution in [2.45, 2.75) is 32.7 Å². The van der Waals surface area contributed by atoms with Gasteiger partial charge in [0.15, 0.2) is 0 Å². The van der Waals surface area contributed by atoms with Crippen molar-refractivity contribution in [2.24, 2.45) is 0 Å². The summed E-state index contributed by atoms with van der Waals surface area (Å²) < 4.78 is 10.4. The number of amides is 1. The molecule has 1 aromatic carbocycles. The monoisotopic (exact) mass is 327 g/mol. The van der Waals surface area contributed by atoms with E-state index < -0.39 is 0 Å². The molecule has 6 heteroatoms. The molecule has 0 bridgehead atoms. The van der Waals surface area contributed by atoms with Crippen LogP contribution in [-0.4, -0.2) is 34.3 Å². The first kappa shape index (κ1) is 16.2. The second kappa shape index (κ2) is 6.86. The molecule has 0 radical (unpaired) electrons. The number of likely N-dealkylation sites (tertiary alicyclic amines) is 1. The van der Waals surface area contributed by atoms with Gasteiger partial charge in [0.2, 0.25) is 0 Å². The maximum Gasteiger partial charge on any atom is 0.254 e. The Morgan fingerprint density at radius 3 is 2.75 bits per heavy atom. The number of ether oxygens (including phenoxy) is 1. The third-order valence-electron chi connectivity index (χ3n) is 4.10. The largest absolute Gasteiger partial charge is 0.489 e. The lowest BCUT2D eigenvalue weighted by atomic mass is 10.1. The zero-order chi connectivity index (χ0) is 17.1. The minimum absolute atomic E-state index is 0.00801. The van der Waals surface area contributed by atoms with Crippen molar-refractivity contribution < 1.29 is 14.2 Å². The van der Waals surface area contributed by atoms with Crippen LogP contribution >= 0.6 is 0 Å². The molecule has 0 unspecified atom stereocenters. The number of aryl methyl sites for hydroxylation is 1. The summed E-state index contributed by atoms with van der Waals surface area (Å²) in [6.45, 7) is 8.74. The minimum atomic E-state index is -0.0666. The predicted molar refractivity (Wildman–Crippen MR) is 88.8 cm³/mol. The van der Waals surface area contributed by atoms with Crippen LogP contribution in [0.3, 0.4) is 0 Å². The van der Waals surface area contributed by atoms with Crippen molar-refractivity contribution in [3.63, 3.8) is 0 Å². The molecule has 6 nitrogen and oxygen atoms in total. The van der Waals surface area contributed by atoms with E-state index in [1.54, 1.807) is 12.1 Å². The summed E-state index contributed by atoms with van der Waals surface area (Å²) in [4.78, 5) is 14.7. The molecule has 1 atom stereocenters. The summed E-state index contributed by atoms with van der Waals surface area (Å²) in [5.74, 6) is 0.718. The summed E-state index contributed by atoms with van der Waals surface area (Å²) in [7, 11) is 0. The standard InChI is InChI=1S/C18H21N3O3/c1-12(2)11-23-15-8-6-14(7-9-15)18(22)21-10-4-5-16(21)17-13(3)19-24-20-17/h6-9,16H,1,4-5,10-11H2,2-3H3/t16-/m1/s1. The van der Waals surface area contributed by atoms with Crippen LogP contribution in [0.1, 0.15) is 47.6 Å². The van der Waals surface area contributed by atoms with Crippen LogP contribution in [0, 0.1) is 6.92 Å². The molecule has 1 aliphatic rings. The molecular formula is C18H21N3O3. The Morgan fingerprint density at radius 2 is 2.12 bits per heavy atom. The fourth-order valence-corrected chi connectivity index (χ4v) is 2.90. The van der Waals surface area contributed by atoms with Crippen molar-refractivity contribution in [2.75, 3.05) is 13.2 Å². The predicted octanol–water partition coefficient (Wildman–Crippen LogP) is 3.31. The third kappa shape index (κ3) is 3.32.